The molecule has 0 radical (unpaired) electrons. The number of nitrogens with one attached hydrogen (secondary N) is 1. The van der Waals surface area contributed by atoms with Crippen LogP contribution in [0.4, 0.5) is 5.69 Å². The maximum Gasteiger partial charge on any atom is 0.224 e. The summed E-state index contributed by atoms with van der Waals surface area (Å²) >= 11 is 0. The first-order chi connectivity index (χ1) is 15.1. The van der Waals surface area contributed by atoms with Crippen molar-refractivity contribution in [1.82, 2.24) is 14.5 Å². The second-order valence-corrected chi connectivity index (χ2v) is 7.58. The van der Waals surface area contributed by atoms with Crippen LogP contribution in [0.5, 0.6) is 5.75 Å². The molecule has 0 unspecified atom stereocenters. The number of aromatic nitrogens is 3. The molecule has 0 saturated heterocycles. The molecular formula is C25H26N4O2. The van der Waals surface area contributed by atoms with Gasteiger partial charge in [-0.1, -0.05) is 35.9 Å². The molecule has 0 aliphatic heterocycles. The van der Waals surface area contributed by atoms with Crippen molar-refractivity contribution < 1.29 is 9.53 Å². The number of aryl methyl sites for hydroxylation is 2. The fourth-order valence-electron chi connectivity index (χ4n) is 3.57. The molecule has 4 rings (SSSR count). The zero-order valence-electron chi connectivity index (χ0n) is 17.8. The van der Waals surface area contributed by atoms with Crippen molar-refractivity contribution in [3.63, 3.8) is 0 Å². The minimum atomic E-state index is -0.0208. The maximum absolute atomic E-state index is 12.4. The standard InChI is InChI=1S/C25H26N4O2/c1-18-11-13-19(14-12-18)17-29-23(28-22-8-5-15-26-25(22)29)9-4-10-24(30)27-20-6-3-7-21(16-20)31-2/h3,5-8,11-16H,4,9-10,17H2,1-2H3,(H,27,30). The Bertz CT molecular complexity index is 1180. The van der Waals surface area contributed by atoms with E-state index in [1.807, 2.05) is 36.4 Å². The van der Waals surface area contributed by atoms with Crippen LogP contribution in [0.1, 0.15) is 29.8 Å². The normalized spacial score (nSPS) is 10.9. The number of methoxy groups -OCH3 is 1. The summed E-state index contributed by atoms with van der Waals surface area (Å²) in [6.07, 6.45) is 3.61. The SMILES string of the molecule is COc1cccc(NC(=O)CCCc2nc3cccnc3n2Cc2ccc(C)cc2)c1. The summed E-state index contributed by atoms with van der Waals surface area (Å²) in [6.45, 7) is 2.79. The third-order valence-electron chi connectivity index (χ3n) is 5.20. The Labute approximate surface area is 181 Å². The topological polar surface area (TPSA) is 69.0 Å². The molecule has 2 aromatic heterocycles. The Kier molecular flexibility index (Phi) is 6.26. The van der Waals surface area contributed by atoms with Gasteiger partial charge in [-0.25, -0.2) is 9.97 Å². The minimum absolute atomic E-state index is 0.0208. The smallest absolute Gasteiger partial charge is 0.224 e. The van der Waals surface area contributed by atoms with Gasteiger partial charge in [0.25, 0.3) is 0 Å². The number of hydrogen-bond donors (Lipinski definition) is 1. The molecular weight excluding hydrogens is 388 g/mol. The lowest BCUT2D eigenvalue weighted by Gasteiger charge is -2.10. The predicted molar refractivity (Wildman–Crippen MR) is 122 cm³/mol. The average Bonchev–Trinajstić information content (AvgIpc) is 3.12. The van der Waals surface area contributed by atoms with Gasteiger partial charge >= 0.3 is 0 Å². The molecule has 0 saturated carbocycles. The maximum atomic E-state index is 12.4. The van der Waals surface area contributed by atoms with Crippen molar-refractivity contribution in [1.29, 1.82) is 0 Å². The van der Waals surface area contributed by atoms with Gasteiger partial charge in [0.1, 0.15) is 17.1 Å². The lowest BCUT2D eigenvalue weighted by atomic mass is 10.1. The summed E-state index contributed by atoms with van der Waals surface area (Å²) in [4.78, 5) is 21.7. The summed E-state index contributed by atoms with van der Waals surface area (Å²) in [5.74, 6) is 1.64. The Hall–Kier alpha value is -3.67. The van der Waals surface area contributed by atoms with Crippen LogP contribution in [0.25, 0.3) is 11.2 Å². The molecule has 1 amide bonds. The minimum Gasteiger partial charge on any atom is -0.497 e. The van der Waals surface area contributed by atoms with E-state index in [2.05, 4.69) is 46.1 Å². The van der Waals surface area contributed by atoms with E-state index in [1.165, 1.54) is 11.1 Å². The van der Waals surface area contributed by atoms with Gasteiger partial charge in [-0.15, -0.1) is 0 Å². The van der Waals surface area contributed by atoms with Crippen LogP contribution in [0, 0.1) is 6.92 Å². The van der Waals surface area contributed by atoms with Crippen LogP contribution in [0.3, 0.4) is 0 Å². The molecule has 6 nitrogen and oxygen atoms in total. The second-order valence-electron chi connectivity index (χ2n) is 7.58. The van der Waals surface area contributed by atoms with Crippen LogP contribution in [-0.4, -0.2) is 27.6 Å². The van der Waals surface area contributed by atoms with E-state index in [4.69, 9.17) is 9.72 Å². The quantitative estimate of drug-likeness (QED) is 0.451. The number of amides is 1. The average molecular weight is 415 g/mol. The molecule has 0 atom stereocenters. The highest BCUT2D eigenvalue weighted by Gasteiger charge is 2.13. The van der Waals surface area contributed by atoms with Crippen molar-refractivity contribution in [2.45, 2.75) is 32.7 Å². The molecule has 4 aromatic rings. The van der Waals surface area contributed by atoms with E-state index in [0.717, 1.165) is 28.4 Å². The van der Waals surface area contributed by atoms with Crippen LogP contribution in [0.15, 0.2) is 66.9 Å². The lowest BCUT2D eigenvalue weighted by molar-refractivity contribution is -0.116. The summed E-state index contributed by atoms with van der Waals surface area (Å²) in [5, 5.41) is 2.93. The lowest BCUT2D eigenvalue weighted by Crippen LogP contribution is -2.12. The summed E-state index contributed by atoms with van der Waals surface area (Å²) in [5.41, 5.74) is 4.93. The first-order valence-corrected chi connectivity index (χ1v) is 10.4. The molecule has 158 valence electrons. The van der Waals surface area contributed by atoms with Gasteiger partial charge in [-0.3, -0.25) is 4.79 Å². The summed E-state index contributed by atoms with van der Waals surface area (Å²) in [7, 11) is 1.61. The van der Waals surface area contributed by atoms with E-state index < -0.39 is 0 Å². The Morgan fingerprint density at radius 2 is 1.94 bits per heavy atom. The highest BCUT2D eigenvalue weighted by Crippen LogP contribution is 2.19. The number of imidazole rings is 1. The Morgan fingerprint density at radius 3 is 2.74 bits per heavy atom. The Morgan fingerprint density at radius 1 is 1.10 bits per heavy atom. The summed E-state index contributed by atoms with van der Waals surface area (Å²) in [6, 6.07) is 19.7. The number of carbonyl (C=O) groups is 1. The van der Waals surface area contributed by atoms with E-state index in [0.29, 0.717) is 25.8 Å². The van der Waals surface area contributed by atoms with Gasteiger partial charge in [0, 0.05) is 30.8 Å². The molecule has 2 aromatic carbocycles. The fourth-order valence-corrected chi connectivity index (χ4v) is 3.57. The predicted octanol–water partition coefficient (Wildman–Crippen LogP) is 4.76. The number of anilines is 1. The number of pyridine rings is 1. The molecule has 0 aliphatic carbocycles. The Balaban J connectivity index is 1.44. The summed E-state index contributed by atoms with van der Waals surface area (Å²) < 4.78 is 7.36. The highest BCUT2D eigenvalue weighted by atomic mass is 16.5. The molecule has 1 N–H and O–H groups in total. The number of ether oxygens (including phenoxy) is 1. The zero-order valence-corrected chi connectivity index (χ0v) is 17.8. The van der Waals surface area contributed by atoms with Crippen LogP contribution < -0.4 is 10.1 Å². The third-order valence-corrected chi connectivity index (χ3v) is 5.20. The van der Waals surface area contributed by atoms with Gasteiger partial charge in [0.05, 0.1) is 13.7 Å². The van der Waals surface area contributed by atoms with Crippen molar-refractivity contribution in [2.75, 3.05) is 12.4 Å². The van der Waals surface area contributed by atoms with Gasteiger partial charge in [0.15, 0.2) is 5.65 Å². The molecule has 0 spiro atoms. The largest absolute Gasteiger partial charge is 0.497 e. The molecule has 0 bridgehead atoms. The van der Waals surface area contributed by atoms with Crippen molar-refractivity contribution >= 4 is 22.8 Å². The number of carbonyl (C=O) groups excluding carboxylic acids is 1. The van der Waals surface area contributed by atoms with E-state index in [9.17, 15) is 4.79 Å². The first kappa shape index (κ1) is 20.6. The number of nitrogens with zero attached hydrogens (tertiary/aromatic N) is 3. The van der Waals surface area contributed by atoms with Gasteiger partial charge in [0.2, 0.25) is 5.91 Å². The van der Waals surface area contributed by atoms with E-state index >= 15 is 0 Å². The number of rotatable bonds is 8. The van der Waals surface area contributed by atoms with Crippen LogP contribution >= 0.6 is 0 Å². The number of benzene rings is 2. The van der Waals surface area contributed by atoms with Gasteiger partial charge in [-0.2, -0.15) is 0 Å². The second kappa shape index (κ2) is 9.43. The first-order valence-electron chi connectivity index (χ1n) is 10.4. The molecule has 6 heteroatoms. The van der Waals surface area contributed by atoms with E-state index in [1.54, 1.807) is 13.3 Å². The van der Waals surface area contributed by atoms with Gasteiger partial charge < -0.3 is 14.6 Å². The number of fused-ring (bicyclic) bond motifs is 1. The van der Waals surface area contributed by atoms with Crippen molar-refractivity contribution in [3.8, 4) is 5.75 Å². The molecule has 0 fully saturated rings. The third kappa shape index (κ3) is 5.09. The monoisotopic (exact) mass is 414 g/mol. The zero-order chi connectivity index (χ0) is 21.6. The van der Waals surface area contributed by atoms with Crippen molar-refractivity contribution in [2.24, 2.45) is 0 Å². The van der Waals surface area contributed by atoms with Crippen LogP contribution in [-0.2, 0) is 17.8 Å². The van der Waals surface area contributed by atoms with Crippen LogP contribution in [0.2, 0.25) is 0 Å². The molecule has 2 heterocycles. The number of hydrogen-bond acceptors (Lipinski definition) is 4. The molecule has 0 aliphatic rings. The molecule has 31 heavy (non-hydrogen) atoms. The van der Waals surface area contributed by atoms with Gasteiger partial charge in [-0.05, 0) is 43.2 Å². The van der Waals surface area contributed by atoms with E-state index in [-0.39, 0.29) is 5.91 Å². The van der Waals surface area contributed by atoms with Crippen molar-refractivity contribution in [3.05, 3.63) is 83.8 Å². The highest BCUT2D eigenvalue weighted by molar-refractivity contribution is 5.90. The fraction of sp³-hybridized carbons (Fsp3) is 0.240.